The van der Waals surface area contributed by atoms with E-state index in [0.29, 0.717) is 12.6 Å². The molecule has 0 saturated heterocycles. The van der Waals surface area contributed by atoms with Crippen molar-refractivity contribution in [1.82, 2.24) is 5.32 Å². The van der Waals surface area contributed by atoms with Gasteiger partial charge in [-0.2, -0.15) is 4.39 Å². The van der Waals surface area contributed by atoms with Crippen LogP contribution >= 0.6 is 0 Å². The van der Waals surface area contributed by atoms with Crippen molar-refractivity contribution in [2.45, 2.75) is 13.1 Å². The van der Waals surface area contributed by atoms with Crippen LogP contribution in [0, 0.1) is 21.7 Å². The number of nitro benzene ring substituents is 1. The number of halogens is 2. The highest BCUT2D eigenvalue weighted by molar-refractivity contribution is 5.37. The average Bonchev–Trinajstić information content (AvgIpc) is 2.84. The molecule has 0 fully saturated rings. The Kier molecular flexibility index (Phi) is 3.86. The summed E-state index contributed by atoms with van der Waals surface area (Å²) in [6, 6.07) is 3.15. The van der Waals surface area contributed by atoms with Gasteiger partial charge in [0.25, 0.3) is 0 Å². The molecule has 100 valence electrons. The number of furan rings is 1. The molecule has 1 aromatic carbocycles. The van der Waals surface area contributed by atoms with Crippen LogP contribution in [0.1, 0.15) is 11.1 Å². The zero-order valence-electron chi connectivity index (χ0n) is 9.73. The van der Waals surface area contributed by atoms with Crippen molar-refractivity contribution in [2.24, 2.45) is 0 Å². The van der Waals surface area contributed by atoms with Gasteiger partial charge in [-0.15, -0.1) is 0 Å². The average molecular weight is 268 g/mol. The summed E-state index contributed by atoms with van der Waals surface area (Å²) in [4.78, 5) is 9.68. The number of hydrogen-bond donors (Lipinski definition) is 1. The fourth-order valence-corrected chi connectivity index (χ4v) is 1.59. The van der Waals surface area contributed by atoms with E-state index < -0.39 is 22.2 Å². The summed E-state index contributed by atoms with van der Waals surface area (Å²) >= 11 is 0. The van der Waals surface area contributed by atoms with Crippen LogP contribution in [0.5, 0.6) is 0 Å². The Bertz CT molecular complexity index is 585. The molecule has 0 aliphatic rings. The molecule has 5 nitrogen and oxygen atoms in total. The van der Waals surface area contributed by atoms with E-state index in [9.17, 15) is 18.9 Å². The molecule has 1 aromatic heterocycles. The third-order valence-electron chi connectivity index (χ3n) is 2.54. The first-order chi connectivity index (χ1) is 9.08. The van der Waals surface area contributed by atoms with Crippen LogP contribution in [0.4, 0.5) is 14.5 Å². The smallest absolute Gasteiger partial charge is 0.305 e. The first kappa shape index (κ1) is 13.2. The third kappa shape index (κ3) is 3.14. The summed E-state index contributed by atoms with van der Waals surface area (Å²) in [6.07, 6.45) is 3.02. The number of nitro groups is 1. The molecule has 0 aliphatic heterocycles. The van der Waals surface area contributed by atoms with E-state index in [0.717, 1.165) is 11.6 Å². The molecule has 2 aromatic rings. The van der Waals surface area contributed by atoms with Crippen molar-refractivity contribution < 1.29 is 18.1 Å². The van der Waals surface area contributed by atoms with Crippen LogP contribution in [0.25, 0.3) is 0 Å². The summed E-state index contributed by atoms with van der Waals surface area (Å²) in [5, 5.41) is 13.4. The van der Waals surface area contributed by atoms with Gasteiger partial charge in [0, 0.05) is 36.3 Å². The highest BCUT2D eigenvalue weighted by Gasteiger charge is 2.18. The molecular formula is C12H10F2N2O3. The van der Waals surface area contributed by atoms with Crippen LogP contribution in [0.15, 0.2) is 35.1 Å². The fourth-order valence-electron chi connectivity index (χ4n) is 1.59. The van der Waals surface area contributed by atoms with E-state index in [1.54, 1.807) is 6.07 Å². The maximum atomic E-state index is 13.4. The molecule has 7 heteroatoms. The summed E-state index contributed by atoms with van der Waals surface area (Å²) in [5.41, 5.74) is 0.162. The molecule has 0 saturated carbocycles. The Labute approximate surface area is 107 Å². The SMILES string of the molecule is O=[N+]([O-])c1cc(CNCc2ccoc2)c(F)cc1F. The van der Waals surface area contributed by atoms with Gasteiger partial charge < -0.3 is 9.73 Å². The van der Waals surface area contributed by atoms with Gasteiger partial charge in [-0.1, -0.05) is 0 Å². The monoisotopic (exact) mass is 268 g/mol. The van der Waals surface area contributed by atoms with Gasteiger partial charge in [-0.3, -0.25) is 10.1 Å². The molecule has 0 radical (unpaired) electrons. The summed E-state index contributed by atoms with van der Waals surface area (Å²) in [7, 11) is 0. The second-order valence-electron chi connectivity index (χ2n) is 3.89. The molecule has 0 aliphatic carbocycles. The highest BCUT2D eigenvalue weighted by Crippen LogP contribution is 2.21. The molecule has 2 rings (SSSR count). The standard InChI is InChI=1S/C12H10F2N2O3/c13-10-4-11(14)12(16(17)18)3-9(10)6-15-5-8-1-2-19-7-8/h1-4,7,15H,5-6H2. The van der Waals surface area contributed by atoms with Crippen molar-refractivity contribution in [3.05, 3.63) is 63.6 Å². The summed E-state index contributed by atoms with van der Waals surface area (Å²) in [5.74, 6) is -2.00. The number of nitrogens with zero attached hydrogens (tertiary/aromatic N) is 1. The molecule has 19 heavy (non-hydrogen) atoms. The highest BCUT2D eigenvalue weighted by atomic mass is 19.1. The van der Waals surface area contributed by atoms with Gasteiger partial charge in [-0.25, -0.2) is 4.39 Å². The molecule has 0 unspecified atom stereocenters. The number of benzene rings is 1. The van der Waals surface area contributed by atoms with Crippen molar-refractivity contribution >= 4 is 5.69 Å². The van der Waals surface area contributed by atoms with Gasteiger partial charge in [-0.05, 0) is 6.07 Å². The normalized spacial score (nSPS) is 10.6. The van der Waals surface area contributed by atoms with E-state index in [1.807, 2.05) is 0 Å². The van der Waals surface area contributed by atoms with Gasteiger partial charge in [0.15, 0.2) is 0 Å². The Morgan fingerprint density at radius 1 is 1.26 bits per heavy atom. The Morgan fingerprint density at radius 3 is 2.68 bits per heavy atom. The van der Waals surface area contributed by atoms with E-state index >= 15 is 0 Å². The predicted molar refractivity (Wildman–Crippen MR) is 62.3 cm³/mol. The first-order valence-electron chi connectivity index (χ1n) is 5.42. The fraction of sp³-hybridized carbons (Fsp3) is 0.167. The minimum Gasteiger partial charge on any atom is -0.472 e. The lowest BCUT2D eigenvalue weighted by atomic mass is 10.1. The van der Waals surface area contributed by atoms with Crippen LogP contribution in [0.2, 0.25) is 0 Å². The second kappa shape index (κ2) is 5.57. The van der Waals surface area contributed by atoms with E-state index in [4.69, 9.17) is 4.42 Å². The second-order valence-corrected chi connectivity index (χ2v) is 3.89. The van der Waals surface area contributed by atoms with Crippen LogP contribution < -0.4 is 5.32 Å². The lowest BCUT2D eigenvalue weighted by Crippen LogP contribution is -2.13. The Hall–Kier alpha value is -2.28. The van der Waals surface area contributed by atoms with E-state index in [-0.39, 0.29) is 12.1 Å². The largest absolute Gasteiger partial charge is 0.472 e. The number of nitrogens with one attached hydrogen (secondary N) is 1. The molecule has 0 bridgehead atoms. The van der Waals surface area contributed by atoms with Gasteiger partial charge >= 0.3 is 5.69 Å². The maximum Gasteiger partial charge on any atom is 0.305 e. The molecule has 0 atom stereocenters. The Balaban J connectivity index is 2.07. The maximum absolute atomic E-state index is 13.4. The minimum atomic E-state index is -1.18. The van der Waals surface area contributed by atoms with Crippen molar-refractivity contribution in [3.63, 3.8) is 0 Å². The van der Waals surface area contributed by atoms with Gasteiger partial charge in [0.05, 0.1) is 17.4 Å². The van der Waals surface area contributed by atoms with Crippen LogP contribution in [-0.2, 0) is 13.1 Å². The van der Waals surface area contributed by atoms with E-state index in [2.05, 4.69) is 5.32 Å². The molecule has 0 amide bonds. The summed E-state index contributed by atoms with van der Waals surface area (Å²) in [6.45, 7) is 0.471. The predicted octanol–water partition coefficient (Wildman–Crippen LogP) is 2.76. The van der Waals surface area contributed by atoms with Crippen LogP contribution in [-0.4, -0.2) is 4.92 Å². The lowest BCUT2D eigenvalue weighted by molar-refractivity contribution is -0.387. The zero-order valence-corrected chi connectivity index (χ0v) is 9.73. The van der Waals surface area contributed by atoms with E-state index in [1.165, 1.54) is 12.5 Å². The number of hydrogen-bond acceptors (Lipinski definition) is 4. The molecule has 1 heterocycles. The molecule has 1 N–H and O–H groups in total. The molecule has 0 spiro atoms. The van der Waals surface area contributed by atoms with Gasteiger partial charge in [0.1, 0.15) is 5.82 Å². The quantitative estimate of drug-likeness (QED) is 0.668. The van der Waals surface area contributed by atoms with Crippen molar-refractivity contribution in [1.29, 1.82) is 0 Å². The third-order valence-corrected chi connectivity index (χ3v) is 2.54. The van der Waals surface area contributed by atoms with Gasteiger partial charge in [0.2, 0.25) is 5.82 Å². The lowest BCUT2D eigenvalue weighted by Gasteiger charge is -2.05. The Morgan fingerprint density at radius 2 is 2.05 bits per heavy atom. The summed E-state index contributed by atoms with van der Waals surface area (Å²) < 4.78 is 31.4. The topological polar surface area (TPSA) is 68.3 Å². The van der Waals surface area contributed by atoms with Crippen LogP contribution in [0.3, 0.4) is 0 Å². The van der Waals surface area contributed by atoms with Crippen molar-refractivity contribution in [2.75, 3.05) is 0 Å². The molecular weight excluding hydrogens is 258 g/mol. The number of rotatable bonds is 5. The first-order valence-corrected chi connectivity index (χ1v) is 5.42. The zero-order chi connectivity index (χ0) is 13.8. The van der Waals surface area contributed by atoms with Crippen molar-refractivity contribution in [3.8, 4) is 0 Å². The minimum absolute atomic E-state index is 0.0385.